The Hall–Kier alpha value is -3.18. The lowest BCUT2D eigenvalue weighted by Gasteiger charge is -2.36. The summed E-state index contributed by atoms with van der Waals surface area (Å²) in [7, 11) is -4.05. The van der Waals surface area contributed by atoms with Gasteiger partial charge < -0.3 is 14.4 Å². The van der Waals surface area contributed by atoms with Gasteiger partial charge in [0.2, 0.25) is 16.1 Å². The molecule has 0 saturated carbocycles. The molecule has 2 aromatic carbocycles. The molecule has 1 unspecified atom stereocenters. The van der Waals surface area contributed by atoms with Crippen molar-refractivity contribution in [1.29, 1.82) is 0 Å². The van der Waals surface area contributed by atoms with Crippen LogP contribution >= 0.6 is 0 Å². The fourth-order valence-electron chi connectivity index (χ4n) is 3.46. The minimum absolute atomic E-state index is 0.0320. The van der Waals surface area contributed by atoms with Gasteiger partial charge in [0, 0.05) is 32.2 Å². The lowest BCUT2D eigenvalue weighted by Crippen LogP contribution is -2.55. The molecule has 2 aliphatic heterocycles. The average molecular weight is 433 g/mol. The minimum atomic E-state index is -4.05. The van der Waals surface area contributed by atoms with Gasteiger partial charge in [0.05, 0.1) is 4.92 Å². The number of hydrogen-bond donors (Lipinski definition) is 0. The molecule has 2 aromatic rings. The van der Waals surface area contributed by atoms with Gasteiger partial charge in [0.1, 0.15) is 6.61 Å². The predicted octanol–water partition coefficient (Wildman–Crippen LogP) is 1.27. The van der Waals surface area contributed by atoms with Crippen LogP contribution < -0.4 is 9.47 Å². The van der Waals surface area contributed by atoms with E-state index in [0.29, 0.717) is 11.5 Å². The number of piperazine rings is 1. The molecule has 0 aromatic heterocycles. The molecule has 1 saturated heterocycles. The minimum Gasteiger partial charge on any atom is -0.485 e. The van der Waals surface area contributed by atoms with Crippen LogP contribution in [0.2, 0.25) is 0 Å². The number of nitro benzene ring substituents is 1. The van der Waals surface area contributed by atoms with E-state index in [1.165, 1.54) is 23.1 Å². The Morgan fingerprint density at radius 3 is 2.33 bits per heavy atom. The van der Waals surface area contributed by atoms with E-state index in [1.54, 1.807) is 24.3 Å². The topological polar surface area (TPSA) is 119 Å². The molecule has 2 aliphatic rings. The number of carbonyl (C=O) groups excluding carboxylic acids is 1. The number of fused-ring (bicyclic) bond motifs is 1. The van der Waals surface area contributed by atoms with E-state index in [9.17, 15) is 23.3 Å². The SMILES string of the molecule is O=C(C1COc2ccccc2O1)N1CCN(S(=O)(=O)c2ccccc2[N+](=O)[O-])CC1. The first kappa shape index (κ1) is 20.1. The van der Waals surface area contributed by atoms with Gasteiger partial charge in [-0.05, 0) is 18.2 Å². The molecule has 30 heavy (non-hydrogen) atoms. The maximum atomic E-state index is 12.9. The largest absolute Gasteiger partial charge is 0.485 e. The molecule has 0 spiro atoms. The van der Waals surface area contributed by atoms with E-state index in [2.05, 4.69) is 0 Å². The Kier molecular flexibility index (Phi) is 5.31. The van der Waals surface area contributed by atoms with Gasteiger partial charge >= 0.3 is 0 Å². The van der Waals surface area contributed by atoms with E-state index in [4.69, 9.17) is 9.47 Å². The summed E-state index contributed by atoms with van der Waals surface area (Å²) in [4.78, 5) is 24.4. The number of nitrogens with zero attached hydrogens (tertiary/aromatic N) is 3. The lowest BCUT2D eigenvalue weighted by atomic mass is 10.2. The second kappa shape index (κ2) is 7.92. The molecule has 0 bridgehead atoms. The number of para-hydroxylation sites is 3. The van der Waals surface area contributed by atoms with Gasteiger partial charge in [-0.2, -0.15) is 4.31 Å². The molecule has 4 rings (SSSR count). The number of ether oxygens (including phenoxy) is 2. The van der Waals surface area contributed by atoms with Crippen molar-refractivity contribution in [2.24, 2.45) is 0 Å². The summed E-state index contributed by atoms with van der Waals surface area (Å²) in [6, 6.07) is 12.3. The monoisotopic (exact) mass is 433 g/mol. The van der Waals surface area contributed by atoms with Crippen LogP contribution in [0, 0.1) is 10.1 Å². The van der Waals surface area contributed by atoms with Gasteiger partial charge in [0.25, 0.3) is 11.6 Å². The summed E-state index contributed by atoms with van der Waals surface area (Å²) in [5.74, 6) is 0.772. The molecule has 11 heteroatoms. The van der Waals surface area contributed by atoms with Crippen molar-refractivity contribution in [3.8, 4) is 11.5 Å². The van der Waals surface area contributed by atoms with Crippen molar-refractivity contribution in [1.82, 2.24) is 9.21 Å². The van der Waals surface area contributed by atoms with Crippen molar-refractivity contribution in [2.75, 3.05) is 32.8 Å². The van der Waals surface area contributed by atoms with E-state index in [1.807, 2.05) is 0 Å². The van der Waals surface area contributed by atoms with E-state index in [-0.39, 0.29) is 43.6 Å². The Bertz CT molecular complexity index is 1080. The standard InChI is InChI=1S/C19H19N3O7S/c23-19(17-13-28-15-6-2-3-7-16(15)29-17)20-9-11-21(12-10-20)30(26,27)18-8-4-1-5-14(18)22(24)25/h1-8,17H,9-13H2. The van der Waals surface area contributed by atoms with Gasteiger partial charge in [-0.3, -0.25) is 14.9 Å². The van der Waals surface area contributed by atoms with E-state index < -0.39 is 26.7 Å². The first-order valence-electron chi connectivity index (χ1n) is 9.29. The quantitative estimate of drug-likeness (QED) is 0.526. The molecule has 1 amide bonds. The predicted molar refractivity (Wildman–Crippen MR) is 105 cm³/mol. The first-order chi connectivity index (χ1) is 14.4. The Morgan fingerprint density at radius 2 is 1.63 bits per heavy atom. The van der Waals surface area contributed by atoms with Gasteiger partial charge in [-0.25, -0.2) is 8.42 Å². The number of benzene rings is 2. The summed E-state index contributed by atoms with van der Waals surface area (Å²) in [6.45, 7) is 0.444. The molecule has 0 aliphatic carbocycles. The Balaban J connectivity index is 1.43. The van der Waals surface area contributed by atoms with Crippen molar-refractivity contribution in [3.63, 3.8) is 0 Å². The zero-order valence-electron chi connectivity index (χ0n) is 15.8. The molecular weight excluding hydrogens is 414 g/mol. The van der Waals surface area contributed by atoms with Crippen molar-refractivity contribution >= 4 is 21.6 Å². The maximum absolute atomic E-state index is 12.9. The highest BCUT2D eigenvalue weighted by molar-refractivity contribution is 7.89. The molecule has 1 atom stereocenters. The first-order valence-corrected chi connectivity index (χ1v) is 10.7. The summed E-state index contributed by atoms with van der Waals surface area (Å²) in [6.07, 6.45) is -0.807. The summed E-state index contributed by atoms with van der Waals surface area (Å²) < 4.78 is 38.3. The van der Waals surface area contributed by atoms with Crippen LogP contribution in [0.3, 0.4) is 0 Å². The van der Waals surface area contributed by atoms with Crippen LogP contribution in [-0.2, 0) is 14.8 Å². The molecule has 158 valence electrons. The molecule has 1 fully saturated rings. The van der Waals surface area contributed by atoms with Gasteiger partial charge in [-0.1, -0.05) is 24.3 Å². The van der Waals surface area contributed by atoms with Crippen LogP contribution in [0.25, 0.3) is 0 Å². The molecule has 0 N–H and O–H groups in total. The van der Waals surface area contributed by atoms with Crippen LogP contribution in [0.15, 0.2) is 53.4 Å². The van der Waals surface area contributed by atoms with Crippen LogP contribution in [0.5, 0.6) is 11.5 Å². The summed E-state index contributed by atoms with van der Waals surface area (Å²) in [5.41, 5.74) is -0.470. The van der Waals surface area contributed by atoms with Crippen LogP contribution in [0.4, 0.5) is 5.69 Å². The third-order valence-corrected chi connectivity index (χ3v) is 6.96. The molecular formula is C19H19N3O7S. The zero-order valence-corrected chi connectivity index (χ0v) is 16.7. The third-order valence-electron chi connectivity index (χ3n) is 5.01. The third kappa shape index (κ3) is 3.68. The maximum Gasteiger partial charge on any atom is 0.289 e. The van der Waals surface area contributed by atoms with Crippen molar-refractivity contribution in [2.45, 2.75) is 11.0 Å². The number of amides is 1. The highest BCUT2D eigenvalue weighted by Crippen LogP contribution is 2.32. The van der Waals surface area contributed by atoms with Crippen molar-refractivity contribution < 1.29 is 27.6 Å². The molecule has 2 heterocycles. The van der Waals surface area contributed by atoms with E-state index in [0.717, 1.165) is 10.4 Å². The fourth-order valence-corrected chi connectivity index (χ4v) is 5.04. The number of carbonyl (C=O) groups is 1. The Labute approximate surface area is 172 Å². The summed E-state index contributed by atoms with van der Waals surface area (Å²) >= 11 is 0. The number of sulfonamides is 1. The fraction of sp³-hybridized carbons (Fsp3) is 0.316. The number of rotatable bonds is 4. The summed E-state index contributed by atoms with van der Waals surface area (Å²) in [5, 5.41) is 11.2. The van der Waals surface area contributed by atoms with Crippen molar-refractivity contribution in [3.05, 3.63) is 58.6 Å². The number of nitro groups is 1. The second-order valence-corrected chi connectivity index (χ2v) is 8.72. The average Bonchev–Trinajstić information content (AvgIpc) is 2.78. The molecule has 0 radical (unpaired) electrons. The van der Waals surface area contributed by atoms with Crippen LogP contribution in [0.1, 0.15) is 0 Å². The zero-order chi connectivity index (χ0) is 21.3. The second-order valence-electron chi connectivity index (χ2n) is 6.82. The van der Waals surface area contributed by atoms with E-state index >= 15 is 0 Å². The lowest BCUT2D eigenvalue weighted by molar-refractivity contribution is -0.387. The number of hydrogen-bond acceptors (Lipinski definition) is 7. The van der Waals surface area contributed by atoms with Crippen LogP contribution in [-0.4, -0.2) is 67.3 Å². The van der Waals surface area contributed by atoms with Gasteiger partial charge in [0.15, 0.2) is 16.4 Å². The highest BCUT2D eigenvalue weighted by Gasteiger charge is 2.37. The Morgan fingerprint density at radius 1 is 1.00 bits per heavy atom. The smallest absolute Gasteiger partial charge is 0.289 e. The molecule has 10 nitrogen and oxygen atoms in total. The highest BCUT2D eigenvalue weighted by atomic mass is 32.2. The normalized spacial score (nSPS) is 19.3. The van der Waals surface area contributed by atoms with Gasteiger partial charge in [-0.15, -0.1) is 0 Å².